The number of hydrogen-bond donors (Lipinski definition) is 0. The highest BCUT2D eigenvalue weighted by Crippen LogP contribution is 2.22. The second-order valence-corrected chi connectivity index (χ2v) is 4.89. The monoisotopic (exact) mass is 215 g/mol. The van der Waals surface area contributed by atoms with Gasteiger partial charge in [-0.15, -0.1) is 0 Å². The van der Waals surface area contributed by atoms with Crippen LogP contribution in [0.15, 0.2) is 30.3 Å². The highest BCUT2D eigenvalue weighted by atomic mass is 15.1. The first-order chi connectivity index (χ1) is 7.90. The summed E-state index contributed by atoms with van der Waals surface area (Å²) in [6.07, 6.45) is 6.91. The van der Waals surface area contributed by atoms with Gasteiger partial charge in [-0.3, -0.25) is 0 Å². The smallest absolute Gasteiger partial charge is 0.223 e. The van der Waals surface area contributed by atoms with Gasteiger partial charge in [0.2, 0.25) is 6.85 Å². The minimum Gasteiger partial charge on any atom is -0.338 e. The topological polar surface area (TPSA) is 3.24 Å². The number of unbranched alkanes of at least 4 members (excludes halogenated alkanes) is 1. The summed E-state index contributed by atoms with van der Waals surface area (Å²) in [6, 6.07) is 10.9. The quantitative estimate of drug-likeness (QED) is 0.677. The standard InChI is InChI=1S/C14H22BN/c1-2-3-10-15-11-7-12-16(15)13-14-8-5-4-6-9-14/h4-6,8-9H,2-3,7,10-13H2,1H3. The Hall–Kier alpha value is -0.755. The van der Waals surface area contributed by atoms with Crippen LogP contribution < -0.4 is 0 Å². The number of rotatable bonds is 5. The van der Waals surface area contributed by atoms with Gasteiger partial charge >= 0.3 is 0 Å². The zero-order valence-electron chi connectivity index (χ0n) is 10.4. The van der Waals surface area contributed by atoms with Crippen LogP contribution >= 0.6 is 0 Å². The molecule has 1 aromatic rings. The van der Waals surface area contributed by atoms with Crippen LogP contribution in [0.25, 0.3) is 0 Å². The molecule has 1 nitrogen and oxygen atoms in total. The van der Waals surface area contributed by atoms with Crippen LogP contribution in [0.1, 0.15) is 31.7 Å². The molecule has 1 heterocycles. The Balaban J connectivity index is 1.88. The average molecular weight is 215 g/mol. The molecule has 0 spiro atoms. The van der Waals surface area contributed by atoms with Crippen molar-refractivity contribution in [1.82, 2.24) is 4.81 Å². The Kier molecular flexibility index (Phi) is 4.47. The van der Waals surface area contributed by atoms with E-state index in [0.29, 0.717) is 0 Å². The fourth-order valence-corrected chi connectivity index (χ4v) is 2.69. The molecule has 1 fully saturated rings. The van der Waals surface area contributed by atoms with E-state index in [4.69, 9.17) is 0 Å². The summed E-state index contributed by atoms with van der Waals surface area (Å²) < 4.78 is 0. The molecule has 1 aliphatic rings. The summed E-state index contributed by atoms with van der Waals surface area (Å²) in [5.41, 5.74) is 1.46. The van der Waals surface area contributed by atoms with Crippen LogP contribution in [0.4, 0.5) is 0 Å². The maximum atomic E-state index is 2.67. The van der Waals surface area contributed by atoms with E-state index in [1.165, 1.54) is 44.0 Å². The summed E-state index contributed by atoms with van der Waals surface area (Å²) in [7, 11) is 0. The molecule has 0 saturated carbocycles. The summed E-state index contributed by atoms with van der Waals surface area (Å²) in [4.78, 5) is 2.67. The van der Waals surface area contributed by atoms with E-state index in [2.05, 4.69) is 42.1 Å². The zero-order valence-corrected chi connectivity index (χ0v) is 10.4. The van der Waals surface area contributed by atoms with Crippen molar-refractivity contribution in [2.45, 2.75) is 45.4 Å². The second kappa shape index (κ2) is 6.10. The molecule has 0 aliphatic carbocycles. The summed E-state index contributed by atoms with van der Waals surface area (Å²) in [5.74, 6) is 0. The minimum absolute atomic E-state index is 0.847. The van der Waals surface area contributed by atoms with E-state index in [1.807, 2.05) is 0 Å². The van der Waals surface area contributed by atoms with Crippen LogP contribution in [0, 0.1) is 0 Å². The molecule has 0 bridgehead atoms. The van der Waals surface area contributed by atoms with E-state index < -0.39 is 0 Å². The van der Waals surface area contributed by atoms with Crippen LogP contribution in [-0.2, 0) is 6.54 Å². The molecular weight excluding hydrogens is 193 g/mol. The Morgan fingerprint density at radius 3 is 2.81 bits per heavy atom. The molecule has 1 aliphatic heterocycles. The van der Waals surface area contributed by atoms with Gasteiger partial charge < -0.3 is 4.81 Å². The molecule has 86 valence electrons. The maximum Gasteiger partial charge on any atom is 0.223 e. The Morgan fingerprint density at radius 2 is 2.06 bits per heavy atom. The minimum atomic E-state index is 0.847. The largest absolute Gasteiger partial charge is 0.338 e. The number of nitrogens with zero attached hydrogens (tertiary/aromatic N) is 1. The van der Waals surface area contributed by atoms with Crippen molar-refractivity contribution in [1.29, 1.82) is 0 Å². The summed E-state index contributed by atoms with van der Waals surface area (Å²) in [6.45, 7) is 5.58. The molecule has 0 aromatic heterocycles. The Labute approximate surface area is 100.0 Å². The van der Waals surface area contributed by atoms with Gasteiger partial charge in [0.15, 0.2) is 0 Å². The van der Waals surface area contributed by atoms with Crippen LogP contribution in [-0.4, -0.2) is 18.2 Å². The fraction of sp³-hybridized carbons (Fsp3) is 0.571. The van der Waals surface area contributed by atoms with E-state index in [-0.39, 0.29) is 0 Å². The molecule has 1 aromatic carbocycles. The molecule has 16 heavy (non-hydrogen) atoms. The normalized spacial score (nSPS) is 16.9. The van der Waals surface area contributed by atoms with Crippen molar-refractivity contribution in [2.24, 2.45) is 0 Å². The third-order valence-corrected chi connectivity index (χ3v) is 3.62. The fourth-order valence-electron chi connectivity index (χ4n) is 2.69. The maximum absolute atomic E-state index is 2.67. The molecule has 0 radical (unpaired) electrons. The summed E-state index contributed by atoms with van der Waals surface area (Å²) >= 11 is 0. The molecule has 0 atom stereocenters. The van der Waals surface area contributed by atoms with Crippen LogP contribution in [0.3, 0.4) is 0 Å². The molecule has 0 N–H and O–H groups in total. The zero-order chi connectivity index (χ0) is 11.2. The van der Waals surface area contributed by atoms with Gasteiger partial charge in [0.05, 0.1) is 0 Å². The number of benzene rings is 1. The lowest BCUT2D eigenvalue weighted by molar-refractivity contribution is 0.458. The lowest BCUT2D eigenvalue weighted by Crippen LogP contribution is -2.32. The first-order valence-electron chi connectivity index (χ1n) is 6.68. The van der Waals surface area contributed by atoms with E-state index in [0.717, 1.165) is 13.4 Å². The van der Waals surface area contributed by atoms with Gasteiger partial charge in [0.1, 0.15) is 0 Å². The SMILES string of the molecule is CCCCB1CCCN1Cc1ccccc1. The van der Waals surface area contributed by atoms with E-state index in [1.54, 1.807) is 0 Å². The van der Waals surface area contributed by atoms with E-state index in [9.17, 15) is 0 Å². The predicted octanol–water partition coefficient (Wildman–Crippen LogP) is 3.68. The van der Waals surface area contributed by atoms with Gasteiger partial charge in [0.25, 0.3) is 0 Å². The molecule has 1 saturated heterocycles. The lowest BCUT2D eigenvalue weighted by Gasteiger charge is -2.22. The molecule has 0 unspecified atom stereocenters. The first kappa shape index (κ1) is 11.7. The van der Waals surface area contributed by atoms with Gasteiger partial charge in [-0.2, -0.15) is 0 Å². The van der Waals surface area contributed by atoms with Crippen LogP contribution in [0.2, 0.25) is 12.6 Å². The van der Waals surface area contributed by atoms with Crippen molar-refractivity contribution in [3.05, 3.63) is 35.9 Å². The highest BCUT2D eigenvalue weighted by molar-refractivity contribution is 6.56. The molecular formula is C14H22BN. The van der Waals surface area contributed by atoms with Crippen molar-refractivity contribution < 1.29 is 0 Å². The Bertz CT molecular complexity index is 299. The lowest BCUT2D eigenvalue weighted by atomic mass is 9.56. The first-order valence-corrected chi connectivity index (χ1v) is 6.68. The number of hydrogen-bond acceptors (Lipinski definition) is 1. The van der Waals surface area contributed by atoms with Gasteiger partial charge in [-0.05, 0) is 18.5 Å². The molecule has 2 heteroatoms. The van der Waals surface area contributed by atoms with Crippen LogP contribution in [0.5, 0.6) is 0 Å². The van der Waals surface area contributed by atoms with Crippen molar-refractivity contribution in [2.75, 3.05) is 6.54 Å². The Morgan fingerprint density at radius 1 is 1.25 bits per heavy atom. The molecule has 2 rings (SSSR count). The third-order valence-electron chi connectivity index (χ3n) is 3.62. The average Bonchev–Trinajstić information content (AvgIpc) is 2.75. The second-order valence-electron chi connectivity index (χ2n) is 4.89. The third kappa shape index (κ3) is 3.12. The predicted molar refractivity (Wildman–Crippen MR) is 71.7 cm³/mol. The van der Waals surface area contributed by atoms with Gasteiger partial charge in [-0.25, -0.2) is 0 Å². The van der Waals surface area contributed by atoms with Crippen molar-refractivity contribution >= 4 is 6.85 Å². The van der Waals surface area contributed by atoms with Gasteiger partial charge in [-0.1, -0.05) is 62.7 Å². The van der Waals surface area contributed by atoms with Crippen molar-refractivity contribution in [3.8, 4) is 0 Å². The van der Waals surface area contributed by atoms with Gasteiger partial charge in [0, 0.05) is 6.54 Å². The highest BCUT2D eigenvalue weighted by Gasteiger charge is 2.27. The summed E-state index contributed by atoms with van der Waals surface area (Å²) in [5, 5.41) is 0. The van der Waals surface area contributed by atoms with E-state index >= 15 is 0 Å². The van der Waals surface area contributed by atoms with Crippen molar-refractivity contribution in [3.63, 3.8) is 0 Å². The molecule has 0 amide bonds.